The number of nitrogen functional groups attached to an aromatic ring is 1. The van der Waals surface area contributed by atoms with E-state index >= 15 is 0 Å². The van der Waals surface area contributed by atoms with Crippen molar-refractivity contribution in [1.82, 2.24) is 29.3 Å². The third-order valence-electron chi connectivity index (χ3n) is 2.39. The van der Waals surface area contributed by atoms with Gasteiger partial charge < -0.3 is 10.7 Å². The van der Waals surface area contributed by atoms with E-state index in [1.165, 1.54) is 34.3 Å². The fourth-order valence-corrected chi connectivity index (χ4v) is 1.85. The summed E-state index contributed by atoms with van der Waals surface area (Å²) in [7, 11) is 0. The van der Waals surface area contributed by atoms with Gasteiger partial charge >= 0.3 is 0 Å². The van der Waals surface area contributed by atoms with Crippen LogP contribution in [0.3, 0.4) is 0 Å². The second-order valence-electron chi connectivity index (χ2n) is 3.45. The molecule has 0 aliphatic rings. The zero-order valence-electron chi connectivity index (χ0n) is 8.94. The molecule has 3 aromatic rings. The van der Waals surface area contributed by atoms with Crippen molar-refractivity contribution in [2.75, 3.05) is 5.73 Å². The van der Waals surface area contributed by atoms with Gasteiger partial charge in [-0.3, -0.25) is 4.79 Å². The lowest BCUT2D eigenvalue weighted by Crippen LogP contribution is -2.26. The lowest BCUT2D eigenvalue weighted by molar-refractivity contribution is 0.617. The fraction of sp³-hybridized carbons (Fsp3) is 0. The molecule has 3 rings (SSSR count). The largest absolute Gasteiger partial charge is 0.382 e. The molecule has 0 aromatic carbocycles. The molecule has 3 N–H and O–H groups in total. The van der Waals surface area contributed by atoms with Crippen molar-refractivity contribution < 1.29 is 0 Å². The van der Waals surface area contributed by atoms with E-state index < -0.39 is 0 Å². The molecule has 0 aliphatic carbocycles. The maximum absolute atomic E-state index is 11.8. The van der Waals surface area contributed by atoms with Crippen LogP contribution in [0.15, 0.2) is 29.7 Å². The van der Waals surface area contributed by atoms with Crippen LogP contribution in [0.1, 0.15) is 0 Å². The minimum atomic E-state index is -0.296. The first kappa shape index (κ1) is 10.6. The molecule has 18 heavy (non-hydrogen) atoms. The molecule has 0 unspecified atom stereocenters. The summed E-state index contributed by atoms with van der Waals surface area (Å²) < 4.78 is 2.89. The Morgan fingerprint density at radius 1 is 1.33 bits per heavy atom. The van der Waals surface area contributed by atoms with Crippen molar-refractivity contribution in [3.8, 4) is 0 Å². The second kappa shape index (κ2) is 3.74. The van der Waals surface area contributed by atoms with E-state index in [1.54, 1.807) is 0 Å². The first-order valence-corrected chi connectivity index (χ1v) is 5.34. The Morgan fingerprint density at radius 3 is 2.94 bits per heavy atom. The van der Waals surface area contributed by atoms with E-state index in [2.05, 4.69) is 19.9 Å². The third-order valence-corrected chi connectivity index (χ3v) is 2.68. The van der Waals surface area contributed by atoms with Crippen LogP contribution in [0.5, 0.6) is 0 Å². The summed E-state index contributed by atoms with van der Waals surface area (Å²) in [6, 6.07) is 1.35. The molecule has 0 radical (unpaired) electrons. The van der Waals surface area contributed by atoms with Crippen molar-refractivity contribution in [3.63, 3.8) is 0 Å². The van der Waals surface area contributed by atoms with Gasteiger partial charge in [-0.05, 0) is 12.2 Å². The molecule has 90 valence electrons. The maximum atomic E-state index is 11.8. The molecule has 8 nitrogen and oxygen atoms in total. The highest BCUT2D eigenvalue weighted by molar-refractivity contribution is 7.71. The molecule has 0 amide bonds. The highest BCUT2D eigenvalue weighted by Gasteiger charge is 2.10. The number of nitrogens with zero attached hydrogens (tertiary/aromatic N) is 5. The second-order valence-corrected chi connectivity index (χ2v) is 3.84. The van der Waals surface area contributed by atoms with E-state index in [-0.39, 0.29) is 16.1 Å². The van der Waals surface area contributed by atoms with Crippen LogP contribution in [0.25, 0.3) is 11.2 Å². The highest BCUT2D eigenvalue weighted by atomic mass is 32.1. The van der Waals surface area contributed by atoms with Gasteiger partial charge in [0.05, 0.1) is 0 Å². The Kier molecular flexibility index (Phi) is 2.20. The molecule has 3 aromatic heterocycles. The fourth-order valence-electron chi connectivity index (χ4n) is 1.61. The Balaban J connectivity index is 2.44. The van der Waals surface area contributed by atoms with Gasteiger partial charge in [0.25, 0.3) is 5.56 Å². The number of aromatic nitrogens is 6. The summed E-state index contributed by atoms with van der Waals surface area (Å²) in [4.78, 5) is 26.5. The number of anilines is 1. The number of hydrogen-bond acceptors (Lipinski definition) is 6. The Hall–Kier alpha value is -2.55. The smallest absolute Gasteiger partial charge is 0.273 e. The van der Waals surface area contributed by atoms with Crippen LogP contribution in [0, 0.1) is 4.77 Å². The number of fused-ring (bicyclic) bond motifs is 1. The predicted octanol–water partition coefficient (Wildman–Crippen LogP) is -0.0608. The van der Waals surface area contributed by atoms with Crippen molar-refractivity contribution in [2.45, 2.75) is 0 Å². The molecule has 0 aliphatic heterocycles. The van der Waals surface area contributed by atoms with Gasteiger partial charge in [-0.2, -0.15) is 4.68 Å². The molecule has 0 bridgehead atoms. The molecule has 3 heterocycles. The first-order valence-electron chi connectivity index (χ1n) is 4.93. The highest BCUT2D eigenvalue weighted by Crippen LogP contribution is 2.13. The number of hydrogen-bond donors (Lipinski definition) is 2. The number of H-pyrrole nitrogens is 1. The minimum Gasteiger partial charge on any atom is -0.382 e. The monoisotopic (exact) mass is 261 g/mol. The van der Waals surface area contributed by atoms with Gasteiger partial charge in [-0.15, -0.1) is 0 Å². The lowest BCUT2D eigenvalue weighted by Gasteiger charge is -2.05. The van der Waals surface area contributed by atoms with Gasteiger partial charge in [-0.25, -0.2) is 19.6 Å². The Morgan fingerprint density at radius 2 is 2.17 bits per heavy atom. The molecule has 0 saturated heterocycles. The molecular formula is C9H7N7OS. The van der Waals surface area contributed by atoms with Crippen molar-refractivity contribution >= 4 is 29.2 Å². The van der Waals surface area contributed by atoms with Gasteiger partial charge in [-0.1, -0.05) is 0 Å². The third kappa shape index (κ3) is 1.41. The van der Waals surface area contributed by atoms with Gasteiger partial charge in [0.15, 0.2) is 21.8 Å². The van der Waals surface area contributed by atoms with Gasteiger partial charge in [0, 0.05) is 12.3 Å². The van der Waals surface area contributed by atoms with E-state index in [9.17, 15) is 4.79 Å². The number of rotatable bonds is 1. The Labute approximate surface area is 105 Å². The lowest BCUT2D eigenvalue weighted by atomic mass is 10.5. The molecule has 0 atom stereocenters. The molecular weight excluding hydrogens is 254 g/mol. The standard InChI is InChI=1S/C9H7N7OS/c10-7-6-8(13-3-12-7)15(4-14-6)16-5(17)1-2-11-9(16)18/h1-4H,(H,11,18)(H2,10,12,13). The van der Waals surface area contributed by atoms with Crippen LogP contribution < -0.4 is 11.3 Å². The van der Waals surface area contributed by atoms with Crippen LogP contribution >= 0.6 is 12.2 Å². The normalized spacial score (nSPS) is 10.9. The summed E-state index contributed by atoms with van der Waals surface area (Å²) in [5, 5.41) is 0. The van der Waals surface area contributed by atoms with E-state index in [4.69, 9.17) is 18.0 Å². The summed E-state index contributed by atoms with van der Waals surface area (Å²) >= 11 is 5.07. The van der Waals surface area contributed by atoms with Crippen LogP contribution in [0.4, 0.5) is 5.82 Å². The van der Waals surface area contributed by atoms with Gasteiger partial charge in [0.1, 0.15) is 12.7 Å². The molecule has 9 heteroatoms. The number of imidazole rings is 1. The maximum Gasteiger partial charge on any atom is 0.273 e. The SMILES string of the molecule is Nc1ncnc2c1ncn2-n1c(=O)cc[nH]c1=S. The van der Waals surface area contributed by atoms with E-state index in [0.29, 0.717) is 11.2 Å². The summed E-state index contributed by atoms with van der Waals surface area (Å²) in [5.74, 6) is 0.248. The number of nitrogens with two attached hydrogens (primary N) is 1. The minimum absolute atomic E-state index is 0.235. The topological polar surface area (TPSA) is 107 Å². The summed E-state index contributed by atoms with van der Waals surface area (Å²) in [6.45, 7) is 0. The van der Waals surface area contributed by atoms with Crippen molar-refractivity contribution in [3.05, 3.63) is 40.0 Å². The average Bonchev–Trinajstić information content (AvgIpc) is 2.75. The van der Waals surface area contributed by atoms with Crippen molar-refractivity contribution in [2.24, 2.45) is 0 Å². The molecule has 0 spiro atoms. The summed E-state index contributed by atoms with van der Waals surface area (Å²) in [6.07, 6.45) is 4.20. The van der Waals surface area contributed by atoms with Crippen LogP contribution in [-0.2, 0) is 0 Å². The van der Waals surface area contributed by atoms with Gasteiger partial charge in [0.2, 0.25) is 0 Å². The number of aromatic amines is 1. The van der Waals surface area contributed by atoms with Crippen molar-refractivity contribution in [1.29, 1.82) is 0 Å². The number of nitrogens with one attached hydrogen (secondary N) is 1. The van der Waals surface area contributed by atoms with E-state index in [0.717, 1.165) is 0 Å². The first-order chi connectivity index (χ1) is 8.68. The Bertz CT molecular complexity index is 817. The zero-order chi connectivity index (χ0) is 12.7. The van der Waals surface area contributed by atoms with Crippen LogP contribution in [0.2, 0.25) is 0 Å². The van der Waals surface area contributed by atoms with E-state index in [1.807, 2.05) is 0 Å². The zero-order valence-corrected chi connectivity index (χ0v) is 9.76. The van der Waals surface area contributed by atoms with Crippen LogP contribution in [-0.4, -0.2) is 29.3 Å². The molecule has 0 saturated carbocycles. The quantitative estimate of drug-likeness (QED) is 0.594. The summed E-state index contributed by atoms with van der Waals surface area (Å²) in [5.41, 5.74) is 6.21. The molecule has 0 fully saturated rings. The average molecular weight is 261 g/mol. The predicted molar refractivity (Wildman–Crippen MR) is 66.4 cm³/mol.